The summed E-state index contributed by atoms with van der Waals surface area (Å²) >= 11 is 0. The van der Waals surface area contributed by atoms with Gasteiger partial charge in [-0.05, 0) is 25.7 Å². The fourth-order valence-corrected chi connectivity index (χ4v) is 4.96. The second kappa shape index (κ2) is 5.71. The summed E-state index contributed by atoms with van der Waals surface area (Å²) in [5.41, 5.74) is 0. The van der Waals surface area contributed by atoms with E-state index in [4.69, 9.17) is 5.11 Å². The van der Waals surface area contributed by atoms with Crippen molar-refractivity contribution in [2.24, 2.45) is 11.8 Å². The molecule has 1 amide bonds. The molecule has 1 saturated heterocycles. The van der Waals surface area contributed by atoms with Gasteiger partial charge in [-0.15, -0.1) is 0 Å². The second-order valence-corrected chi connectivity index (χ2v) is 8.13. The number of hydrogen-bond acceptors (Lipinski definition) is 4. The van der Waals surface area contributed by atoms with E-state index in [2.05, 4.69) is 0 Å². The van der Waals surface area contributed by atoms with Gasteiger partial charge < -0.3 is 10.0 Å². The van der Waals surface area contributed by atoms with Gasteiger partial charge in [-0.25, -0.2) is 8.42 Å². The Kier molecular flexibility index (Phi) is 4.36. The lowest BCUT2D eigenvalue weighted by atomic mass is 9.80. The predicted molar refractivity (Wildman–Crippen MR) is 72.9 cm³/mol. The molecule has 0 radical (unpaired) electrons. The van der Waals surface area contributed by atoms with Crippen molar-refractivity contribution in [3.05, 3.63) is 0 Å². The van der Waals surface area contributed by atoms with Gasteiger partial charge in [0.1, 0.15) is 0 Å². The molecular formula is C13H21NO5S. The lowest BCUT2D eigenvalue weighted by Crippen LogP contribution is -2.43. The minimum Gasteiger partial charge on any atom is -0.481 e. The highest BCUT2D eigenvalue weighted by Crippen LogP contribution is 2.31. The van der Waals surface area contributed by atoms with Crippen molar-refractivity contribution in [2.75, 3.05) is 18.6 Å². The van der Waals surface area contributed by atoms with Gasteiger partial charge in [-0.3, -0.25) is 9.59 Å². The topological polar surface area (TPSA) is 91.8 Å². The molecule has 1 saturated carbocycles. The average Bonchev–Trinajstić information content (AvgIpc) is 2.77. The molecule has 0 unspecified atom stereocenters. The molecule has 0 aromatic heterocycles. The number of carbonyl (C=O) groups is 2. The number of nitrogens with zero attached hydrogens (tertiary/aromatic N) is 1. The van der Waals surface area contributed by atoms with Gasteiger partial charge >= 0.3 is 5.97 Å². The molecule has 2 aliphatic rings. The summed E-state index contributed by atoms with van der Waals surface area (Å²) in [5.74, 6) is -1.50. The van der Waals surface area contributed by atoms with Gasteiger partial charge in [0, 0.05) is 19.0 Å². The van der Waals surface area contributed by atoms with E-state index in [9.17, 15) is 18.0 Å². The first-order valence-corrected chi connectivity index (χ1v) is 8.82. The van der Waals surface area contributed by atoms with E-state index in [1.165, 1.54) is 4.90 Å². The van der Waals surface area contributed by atoms with Gasteiger partial charge in [0.25, 0.3) is 0 Å². The molecule has 0 aromatic rings. The first-order valence-electron chi connectivity index (χ1n) is 7.00. The SMILES string of the molecule is CN(C(=O)[C@@H]1CCC[C@@H](C(=O)O)C1)[C@@H]1CCS(=O)(=O)C1. The predicted octanol–water partition coefficient (Wildman–Crippen LogP) is 0.523. The number of sulfone groups is 1. The Morgan fingerprint density at radius 1 is 1.15 bits per heavy atom. The lowest BCUT2D eigenvalue weighted by Gasteiger charge is -2.32. The van der Waals surface area contributed by atoms with Crippen LogP contribution in [0.4, 0.5) is 0 Å². The number of amides is 1. The van der Waals surface area contributed by atoms with Crippen LogP contribution in [-0.2, 0) is 19.4 Å². The van der Waals surface area contributed by atoms with Crippen molar-refractivity contribution in [3.8, 4) is 0 Å². The molecule has 1 N–H and O–H groups in total. The zero-order valence-corrected chi connectivity index (χ0v) is 12.4. The molecule has 114 valence electrons. The molecule has 1 heterocycles. The highest BCUT2D eigenvalue weighted by molar-refractivity contribution is 7.91. The van der Waals surface area contributed by atoms with Crippen LogP contribution in [0.1, 0.15) is 32.1 Å². The molecule has 0 spiro atoms. The summed E-state index contributed by atoms with van der Waals surface area (Å²) in [6.45, 7) is 0. The normalized spacial score (nSPS) is 32.8. The average molecular weight is 303 g/mol. The van der Waals surface area contributed by atoms with Crippen LogP contribution in [0.5, 0.6) is 0 Å². The summed E-state index contributed by atoms with van der Waals surface area (Å²) in [6, 6.07) is -0.252. The Labute approximate surface area is 119 Å². The summed E-state index contributed by atoms with van der Waals surface area (Å²) in [5, 5.41) is 9.05. The maximum atomic E-state index is 12.4. The smallest absolute Gasteiger partial charge is 0.306 e. The number of rotatable bonds is 3. The van der Waals surface area contributed by atoms with Crippen LogP contribution in [0, 0.1) is 11.8 Å². The third-order valence-corrected chi connectivity index (χ3v) is 6.23. The maximum absolute atomic E-state index is 12.4. The number of carbonyl (C=O) groups excluding carboxylic acids is 1. The zero-order valence-electron chi connectivity index (χ0n) is 11.6. The van der Waals surface area contributed by atoms with Crippen molar-refractivity contribution in [1.29, 1.82) is 0 Å². The standard InChI is InChI=1S/C13H21NO5S/c1-14(11-5-6-20(18,19)8-11)12(15)9-3-2-4-10(7-9)13(16)17/h9-11H,2-8H2,1H3,(H,16,17)/t9-,10-,11-/m1/s1. The Balaban J connectivity index is 1.98. The minimum atomic E-state index is -3.02. The number of hydrogen-bond donors (Lipinski definition) is 1. The van der Waals surface area contributed by atoms with Crippen LogP contribution in [0.15, 0.2) is 0 Å². The number of carboxylic acids is 1. The fourth-order valence-electron chi connectivity index (χ4n) is 3.19. The maximum Gasteiger partial charge on any atom is 0.306 e. The van der Waals surface area contributed by atoms with Crippen molar-refractivity contribution in [2.45, 2.75) is 38.1 Å². The molecule has 7 heteroatoms. The highest BCUT2D eigenvalue weighted by atomic mass is 32.2. The van der Waals surface area contributed by atoms with Crippen molar-refractivity contribution in [3.63, 3.8) is 0 Å². The van der Waals surface area contributed by atoms with E-state index in [0.29, 0.717) is 25.7 Å². The number of carboxylic acid groups (broad SMARTS) is 1. The molecule has 0 aromatic carbocycles. The van der Waals surface area contributed by atoms with Crippen LogP contribution in [-0.4, -0.2) is 54.9 Å². The van der Waals surface area contributed by atoms with Crippen LogP contribution in [0.2, 0.25) is 0 Å². The molecule has 20 heavy (non-hydrogen) atoms. The van der Waals surface area contributed by atoms with Gasteiger partial charge in [0.2, 0.25) is 5.91 Å². The van der Waals surface area contributed by atoms with E-state index in [-0.39, 0.29) is 29.4 Å². The first-order chi connectivity index (χ1) is 9.30. The Bertz CT molecular complexity index is 501. The summed E-state index contributed by atoms with van der Waals surface area (Å²) < 4.78 is 22.9. The van der Waals surface area contributed by atoms with Crippen LogP contribution >= 0.6 is 0 Å². The molecular weight excluding hydrogens is 282 g/mol. The van der Waals surface area contributed by atoms with Gasteiger partial charge in [0.15, 0.2) is 9.84 Å². The summed E-state index contributed by atoms with van der Waals surface area (Å²) in [4.78, 5) is 25.0. The fraction of sp³-hybridized carbons (Fsp3) is 0.846. The molecule has 1 aliphatic carbocycles. The quantitative estimate of drug-likeness (QED) is 0.821. The highest BCUT2D eigenvalue weighted by Gasteiger charge is 2.37. The first kappa shape index (κ1) is 15.3. The molecule has 6 nitrogen and oxygen atoms in total. The summed E-state index contributed by atoms with van der Waals surface area (Å²) in [7, 11) is -1.38. The Morgan fingerprint density at radius 2 is 1.80 bits per heavy atom. The van der Waals surface area contributed by atoms with E-state index in [1.54, 1.807) is 7.05 Å². The van der Waals surface area contributed by atoms with E-state index in [1.807, 2.05) is 0 Å². The van der Waals surface area contributed by atoms with Gasteiger partial charge in [0.05, 0.1) is 17.4 Å². The number of aliphatic carboxylic acids is 1. The van der Waals surface area contributed by atoms with Crippen molar-refractivity contribution >= 4 is 21.7 Å². The molecule has 2 rings (SSSR count). The van der Waals surface area contributed by atoms with Gasteiger partial charge in [-0.2, -0.15) is 0 Å². The monoisotopic (exact) mass is 303 g/mol. The largest absolute Gasteiger partial charge is 0.481 e. The molecule has 3 atom stereocenters. The Hall–Kier alpha value is -1.11. The minimum absolute atomic E-state index is 0.0321. The van der Waals surface area contributed by atoms with Crippen molar-refractivity contribution < 1.29 is 23.1 Å². The van der Waals surface area contributed by atoms with Gasteiger partial charge in [-0.1, -0.05) is 6.42 Å². The zero-order chi connectivity index (χ0) is 14.9. The van der Waals surface area contributed by atoms with Crippen LogP contribution < -0.4 is 0 Å². The van der Waals surface area contributed by atoms with Crippen molar-refractivity contribution in [1.82, 2.24) is 4.90 Å². The molecule has 0 bridgehead atoms. The Morgan fingerprint density at radius 3 is 2.35 bits per heavy atom. The van der Waals surface area contributed by atoms with Crippen LogP contribution in [0.3, 0.4) is 0 Å². The second-order valence-electron chi connectivity index (χ2n) is 5.90. The van der Waals surface area contributed by atoms with Crippen LogP contribution in [0.25, 0.3) is 0 Å². The lowest BCUT2D eigenvalue weighted by molar-refractivity contribution is -0.145. The van der Waals surface area contributed by atoms with E-state index in [0.717, 1.165) is 6.42 Å². The molecule has 2 fully saturated rings. The third-order valence-electron chi connectivity index (χ3n) is 4.48. The van der Waals surface area contributed by atoms with E-state index < -0.39 is 21.7 Å². The summed E-state index contributed by atoms with van der Waals surface area (Å²) in [6.07, 6.45) is 2.93. The molecule has 1 aliphatic heterocycles. The third kappa shape index (κ3) is 3.31. The van der Waals surface area contributed by atoms with E-state index >= 15 is 0 Å².